The second kappa shape index (κ2) is 7.63. The van der Waals surface area contributed by atoms with Crippen LogP contribution < -0.4 is 0 Å². The molecule has 0 amide bonds. The first kappa shape index (κ1) is 19.1. The Morgan fingerprint density at radius 1 is 1.17 bits per heavy atom. The molecule has 0 bridgehead atoms. The number of imidazole rings is 1. The van der Waals surface area contributed by atoms with Crippen molar-refractivity contribution >= 4 is 28.6 Å². The monoisotopic (exact) mass is 417 g/mol. The minimum absolute atomic E-state index is 0.0654. The zero-order valence-corrected chi connectivity index (χ0v) is 15.8. The van der Waals surface area contributed by atoms with Crippen molar-refractivity contribution in [3.63, 3.8) is 0 Å². The van der Waals surface area contributed by atoms with E-state index in [0.29, 0.717) is 16.1 Å². The van der Waals surface area contributed by atoms with Gasteiger partial charge in [-0.25, -0.2) is 9.78 Å². The maximum atomic E-state index is 13.6. The zero-order chi connectivity index (χ0) is 20.5. The van der Waals surface area contributed by atoms with Gasteiger partial charge in [0.15, 0.2) is 23.4 Å². The normalized spacial score (nSPS) is 12.4. The minimum Gasteiger partial charge on any atom is -0.450 e. The van der Waals surface area contributed by atoms with Gasteiger partial charge >= 0.3 is 12.5 Å². The summed E-state index contributed by atoms with van der Waals surface area (Å²) < 4.78 is 38.4. The summed E-state index contributed by atoms with van der Waals surface area (Å²) >= 11 is 6.11. The lowest BCUT2D eigenvalue weighted by atomic mass is 10.1. The fraction of sp³-hybridized carbons (Fsp3) is 0.150. The molecule has 0 radical (unpaired) electrons. The van der Waals surface area contributed by atoms with Crippen LogP contribution in [0.15, 0.2) is 59.1 Å². The average Bonchev–Trinajstić information content (AvgIpc) is 3.33. The molecule has 4 aromatic rings. The first-order valence-electron chi connectivity index (χ1n) is 8.63. The molecule has 0 aliphatic heterocycles. The standard InChI is InChI=1S/C20H14ClF2N3O3/c1-11(18-24-14-8-4-5-9-16(14)26(18)20(22)23)28-19(27)15-10-17(29-25-15)12-6-2-3-7-13(12)21/h2-11,20H,1H3. The van der Waals surface area contributed by atoms with Gasteiger partial charge in [0.25, 0.3) is 0 Å². The maximum Gasteiger partial charge on any atom is 0.361 e. The quantitative estimate of drug-likeness (QED) is 0.392. The van der Waals surface area contributed by atoms with E-state index >= 15 is 0 Å². The topological polar surface area (TPSA) is 70.2 Å². The molecule has 4 rings (SSSR count). The Labute approximate surface area is 168 Å². The van der Waals surface area contributed by atoms with Crippen molar-refractivity contribution in [2.45, 2.75) is 19.6 Å². The first-order chi connectivity index (χ1) is 14.0. The number of hydrogen-bond donors (Lipinski definition) is 0. The Balaban J connectivity index is 1.59. The largest absolute Gasteiger partial charge is 0.450 e. The lowest BCUT2D eigenvalue weighted by Crippen LogP contribution is -2.14. The third-order valence-corrected chi connectivity index (χ3v) is 4.65. The van der Waals surface area contributed by atoms with E-state index in [9.17, 15) is 13.6 Å². The molecule has 0 spiro atoms. The molecule has 9 heteroatoms. The van der Waals surface area contributed by atoms with Gasteiger partial charge < -0.3 is 9.26 Å². The predicted octanol–water partition coefficient (Wildman–Crippen LogP) is 5.66. The smallest absolute Gasteiger partial charge is 0.361 e. The van der Waals surface area contributed by atoms with E-state index in [2.05, 4.69) is 10.1 Å². The van der Waals surface area contributed by atoms with Gasteiger partial charge in [0, 0.05) is 11.6 Å². The van der Waals surface area contributed by atoms with Gasteiger partial charge in [-0.2, -0.15) is 8.78 Å². The van der Waals surface area contributed by atoms with Gasteiger partial charge in [0.05, 0.1) is 16.1 Å². The second-order valence-corrected chi connectivity index (χ2v) is 6.62. The summed E-state index contributed by atoms with van der Waals surface area (Å²) in [6.45, 7) is -1.37. The van der Waals surface area contributed by atoms with Gasteiger partial charge in [0.2, 0.25) is 0 Å². The van der Waals surface area contributed by atoms with Crippen LogP contribution >= 0.6 is 11.6 Å². The van der Waals surface area contributed by atoms with Crippen LogP contribution in [-0.2, 0) is 4.74 Å². The van der Waals surface area contributed by atoms with E-state index < -0.39 is 18.6 Å². The number of esters is 1. The SMILES string of the molecule is CC(OC(=O)c1cc(-c2ccccc2Cl)on1)c1nc2ccccc2n1C(F)F. The van der Waals surface area contributed by atoms with E-state index in [1.54, 1.807) is 42.5 Å². The number of halogens is 3. The van der Waals surface area contributed by atoms with Crippen molar-refractivity contribution < 1.29 is 22.8 Å². The van der Waals surface area contributed by atoms with Crippen molar-refractivity contribution in [2.24, 2.45) is 0 Å². The molecule has 0 saturated heterocycles. The number of fused-ring (bicyclic) bond motifs is 1. The summed E-state index contributed by atoms with van der Waals surface area (Å²) in [6.07, 6.45) is -1.04. The summed E-state index contributed by atoms with van der Waals surface area (Å²) in [7, 11) is 0. The van der Waals surface area contributed by atoms with Crippen molar-refractivity contribution in [3.05, 3.63) is 71.1 Å². The third-order valence-electron chi connectivity index (χ3n) is 4.32. The van der Waals surface area contributed by atoms with E-state index in [0.717, 1.165) is 4.57 Å². The molecule has 2 heterocycles. The van der Waals surface area contributed by atoms with Crippen LogP contribution in [0.1, 0.15) is 35.9 Å². The number of hydrogen-bond acceptors (Lipinski definition) is 5. The predicted molar refractivity (Wildman–Crippen MR) is 102 cm³/mol. The number of benzene rings is 2. The van der Waals surface area contributed by atoms with E-state index in [4.69, 9.17) is 20.9 Å². The number of para-hydroxylation sites is 2. The van der Waals surface area contributed by atoms with Gasteiger partial charge in [-0.3, -0.25) is 4.57 Å². The molecule has 1 atom stereocenters. The molecule has 1 unspecified atom stereocenters. The second-order valence-electron chi connectivity index (χ2n) is 6.21. The number of alkyl halides is 2. The number of ether oxygens (including phenoxy) is 1. The number of carbonyl (C=O) groups excluding carboxylic acids is 1. The van der Waals surface area contributed by atoms with Crippen LogP contribution in [-0.4, -0.2) is 20.7 Å². The summed E-state index contributed by atoms with van der Waals surface area (Å²) in [5, 5.41) is 4.13. The molecule has 2 aromatic heterocycles. The molecule has 6 nitrogen and oxygen atoms in total. The van der Waals surface area contributed by atoms with Crippen LogP contribution in [0.4, 0.5) is 8.78 Å². The molecule has 0 saturated carbocycles. The fourth-order valence-corrected chi connectivity index (χ4v) is 3.22. The number of nitrogens with zero attached hydrogens (tertiary/aromatic N) is 3. The van der Waals surface area contributed by atoms with Gasteiger partial charge in [-0.15, -0.1) is 0 Å². The van der Waals surface area contributed by atoms with Gasteiger partial charge in [-0.05, 0) is 31.2 Å². The average molecular weight is 418 g/mol. The molecule has 148 valence electrons. The van der Waals surface area contributed by atoms with Crippen LogP contribution in [0.5, 0.6) is 0 Å². The number of rotatable bonds is 5. The van der Waals surface area contributed by atoms with Crippen LogP contribution in [0, 0.1) is 0 Å². The van der Waals surface area contributed by atoms with Crippen LogP contribution in [0.25, 0.3) is 22.4 Å². The van der Waals surface area contributed by atoms with E-state index in [-0.39, 0.29) is 22.8 Å². The molecule has 0 fully saturated rings. The Hall–Kier alpha value is -3.26. The van der Waals surface area contributed by atoms with Crippen molar-refractivity contribution in [3.8, 4) is 11.3 Å². The fourth-order valence-electron chi connectivity index (χ4n) is 2.99. The maximum absolute atomic E-state index is 13.6. The van der Waals surface area contributed by atoms with Gasteiger partial charge in [0.1, 0.15) is 0 Å². The Morgan fingerprint density at radius 3 is 2.66 bits per heavy atom. The Bertz CT molecular complexity index is 1190. The molecule has 29 heavy (non-hydrogen) atoms. The molecule has 0 N–H and O–H groups in total. The third kappa shape index (κ3) is 3.58. The summed E-state index contributed by atoms with van der Waals surface area (Å²) in [5.74, 6) is -0.605. The highest BCUT2D eigenvalue weighted by molar-refractivity contribution is 6.33. The van der Waals surface area contributed by atoms with Crippen LogP contribution in [0.3, 0.4) is 0 Å². The molecule has 0 aliphatic rings. The van der Waals surface area contributed by atoms with Crippen LogP contribution in [0.2, 0.25) is 5.02 Å². The van der Waals surface area contributed by atoms with Gasteiger partial charge in [-0.1, -0.05) is 41.0 Å². The highest BCUT2D eigenvalue weighted by Gasteiger charge is 2.26. The van der Waals surface area contributed by atoms with Crippen molar-refractivity contribution in [2.75, 3.05) is 0 Å². The Morgan fingerprint density at radius 2 is 1.90 bits per heavy atom. The van der Waals surface area contributed by atoms with Crippen molar-refractivity contribution in [1.82, 2.24) is 14.7 Å². The molecule has 0 aliphatic carbocycles. The van der Waals surface area contributed by atoms with Crippen molar-refractivity contribution in [1.29, 1.82) is 0 Å². The highest BCUT2D eigenvalue weighted by atomic mass is 35.5. The van der Waals surface area contributed by atoms with E-state index in [1.165, 1.54) is 19.1 Å². The number of aromatic nitrogens is 3. The van der Waals surface area contributed by atoms with E-state index in [1.807, 2.05) is 0 Å². The molecular formula is C20H14ClF2N3O3. The summed E-state index contributed by atoms with van der Waals surface area (Å²) in [6, 6.07) is 14.8. The zero-order valence-electron chi connectivity index (χ0n) is 15.1. The lowest BCUT2D eigenvalue weighted by molar-refractivity contribution is 0.0223. The molecule has 2 aromatic carbocycles. The summed E-state index contributed by atoms with van der Waals surface area (Å²) in [5.41, 5.74) is 1.09. The number of carbonyl (C=O) groups is 1. The molecular weight excluding hydrogens is 404 g/mol. The summed E-state index contributed by atoms with van der Waals surface area (Å²) in [4.78, 5) is 16.6. The first-order valence-corrected chi connectivity index (χ1v) is 9.01. The lowest BCUT2D eigenvalue weighted by Gasteiger charge is -2.14. The minimum atomic E-state index is -2.84. The Kier molecular flexibility index (Phi) is 5.02. The highest BCUT2D eigenvalue weighted by Crippen LogP contribution is 2.30.